The Morgan fingerprint density at radius 3 is 2.94 bits per heavy atom. The number of rotatable bonds is 2. The molecule has 0 aromatic carbocycles. The van der Waals surface area contributed by atoms with E-state index in [9.17, 15) is 9.18 Å². The third kappa shape index (κ3) is 2.79. The molecule has 2 heterocycles. The van der Waals surface area contributed by atoms with Crippen LogP contribution in [0.25, 0.3) is 0 Å². The van der Waals surface area contributed by atoms with Crippen molar-refractivity contribution in [2.75, 3.05) is 18.8 Å². The van der Waals surface area contributed by atoms with Crippen LogP contribution in [-0.4, -0.2) is 46.4 Å². The van der Waals surface area contributed by atoms with Gasteiger partial charge in [0.25, 0.3) is 0 Å². The molecule has 2 rings (SSSR count). The molecule has 0 radical (unpaired) electrons. The molecule has 0 spiro atoms. The highest BCUT2D eigenvalue weighted by Crippen LogP contribution is 2.20. The summed E-state index contributed by atoms with van der Waals surface area (Å²) < 4.78 is 19.1. The fourth-order valence-corrected chi connectivity index (χ4v) is 1.81. The molecule has 1 aliphatic rings. The Balaban J connectivity index is 1.95. The highest BCUT2D eigenvalue weighted by atomic mass is 19.1. The van der Waals surface area contributed by atoms with Crippen molar-refractivity contribution in [2.24, 2.45) is 0 Å². The minimum atomic E-state index is -1.35. The number of nitrogen functional groups attached to an aromatic ring is 1. The first-order valence-electron chi connectivity index (χ1n) is 5.56. The zero-order chi connectivity index (χ0) is 13.1. The molecule has 1 saturated heterocycles. The summed E-state index contributed by atoms with van der Waals surface area (Å²) in [5, 5.41) is 8.75. The number of amides is 1. The van der Waals surface area contributed by atoms with Gasteiger partial charge in [-0.15, -0.1) is 0 Å². The highest BCUT2D eigenvalue weighted by molar-refractivity contribution is 5.65. The molecule has 1 amide bonds. The lowest BCUT2D eigenvalue weighted by atomic mass is 10.1. The van der Waals surface area contributed by atoms with Gasteiger partial charge >= 0.3 is 6.09 Å². The van der Waals surface area contributed by atoms with Crippen LogP contribution in [0.3, 0.4) is 0 Å². The summed E-state index contributed by atoms with van der Waals surface area (Å²) in [6, 6.07) is 3.17. The summed E-state index contributed by atoms with van der Waals surface area (Å²) >= 11 is 0. The standard InChI is InChI=1S/C11H14FN3O3/c12-8-6-15(11(16)17)4-3-9(8)18-10-2-1-7(13)5-14-10/h1-2,5,8-9H,3-4,6,13H2,(H,16,17)/t8-,9+/m1/s1. The van der Waals surface area contributed by atoms with E-state index in [1.54, 1.807) is 12.1 Å². The lowest BCUT2D eigenvalue weighted by molar-refractivity contribution is 0.0226. The Morgan fingerprint density at radius 1 is 1.61 bits per heavy atom. The minimum Gasteiger partial charge on any atom is -0.471 e. The van der Waals surface area contributed by atoms with Gasteiger partial charge in [-0.3, -0.25) is 0 Å². The van der Waals surface area contributed by atoms with Crippen LogP contribution in [-0.2, 0) is 0 Å². The number of carbonyl (C=O) groups is 1. The number of nitrogens with two attached hydrogens (primary N) is 1. The first-order chi connectivity index (χ1) is 8.56. The number of hydrogen-bond donors (Lipinski definition) is 2. The summed E-state index contributed by atoms with van der Waals surface area (Å²) in [6.07, 6.45) is -1.40. The van der Waals surface area contributed by atoms with E-state index in [1.807, 2.05) is 0 Å². The molecule has 1 aromatic rings. The van der Waals surface area contributed by atoms with Crippen LogP contribution in [0, 0.1) is 0 Å². The molecular weight excluding hydrogens is 241 g/mol. The average molecular weight is 255 g/mol. The van der Waals surface area contributed by atoms with Gasteiger partial charge in [0.15, 0.2) is 6.17 Å². The van der Waals surface area contributed by atoms with Gasteiger partial charge in [-0.05, 0) is 6.07 Å². The van der Waals surface area contributed by atoms with E-state index in [-0.39, 0.29) is 13.1 Å². The summed E-state index contributed by atoms with van der Waals surface area (Å²) in [7, 11) is 0. The molecule has 6 nitrogen and oxygen atoms in total. The fourth-order valence-electron chi connectivity index (χ4n) is 1.81. The average Bonchev–Trinajstić information content (AvgIpc) is 2.34. The maximum atomic E-state index is 13.7. The summed E-state index contributed by atoms with van der Waals surface area (Å²) in [5.74, 6) is 0.292. The Kier molecular flexibility index (Phi) is 3.50. The van der Waals surface area contributed by atoms with Crippen LogP contribution < -0.4 is 10.5 Å². The molecule has 0 aliphatic carbocycles. The summed E-state index contributed by atoms with van der Waals surface area (Å²) in [5.41, 5.74) is 5.97. The molecule has 1 fully saturated rings. The van der Waals surface area contributed by atoms with Gasteiger partial charge in [0.2, 0.25) is 5.88 Å². The number of alkyl halides is 1. The zero-order valence-corrected chi connectivity index (χ0v) is 9.62. The molecule has 98 valence electrons. The summed E-state index contributed by atoms with van der Waals surface area (Å²) in [4.78, 5) is 15.7. The normalized spacial score (nSPS) is 23.7. The predicted molar refractivity (Wildman–Crippen MR) is 62.2 cm³/mol. The van der Waals surface area contributed by atoms with E-state index in [0.29, 0.717) is 18.0 Å². The van der Waals surface area contributed by atoms with Crippen LogP contribution in [0.5, 0.6) is 5.88 Å². The largest absolute Gasteiger partial charge is 0.471 e. The lowest BCUT2D eigenvalue weighted by Gasteiger charge is -2.32. The number of likely N-dealkylation sites (tertiary alicyclic amines) is 1. The van der Waals surface area contributed by atoms with Crippen molar-refractivity contribution >= 4 is 11.8 Å². The molecule has 0 bridgehead atoms. The van der Waals surface area contributed by atoms with Crippen molar-refractivity contribution in [2.45, 2.75) is 18.7 Å². The number of anilines is 1. The quantitative estimate of drug-likeness (QED) is 0.827. The van der Waals surface area contributed by atoms with E-state index < -0.39 is 18.4 Å². The molecule has 0 saturated carbocycles. The fraction of sp³-hybridized carbons (Fsp3) is 0.455. The Labute approximate surface area is 103 Å². The molecule has 18 heavy (non-hydrogen) atoms. The third-order valence-corrected chi connectivity index (χ3v) is 2.78. The van der Waals surface area contributed by atoms with Gasteiger partial charge in [-0.1, -0.05) is 0 Å². The van der Waals surface area contributed by atoms with Crippen molar-refractivity contribution < 1.29 is 19.0 Å². The van der Waals surface area contributed by atoms with Gasteiger partial charge in [0.05, 0.1) is 18.4 Å². The molecule has 7 heteroatoms. The molecule has 1 aliphatic heterocycles. The number of piperidine rings is 1. The van der Waals surface area contributed by atoms with Gasteiger partial charge in [-0.2, -0.15) is 0 Å². The number of aromatic nitrogens is 1. The first kappa shape index (κ1) is 12.4. The molecule has 0 unspecified atom stereocenters. The smallest absolute Gasteiger partial charge is 0.407 e. The monoisotopic (exact) mass is 255 g/mol. The molecular formula is C11H14FN3O3. The molecule has 3 N–H and O–H groups in total. The zero-order valence-electron chi connectivity index (χ0n) is 9.62. The second kappa shape index (κ2) is 5.07. The lowest BCUT2D eigenvalue weighted by Crippen LogP contribution is -2.48. The van der Waals surface area contributed by atoms with Crippen molar-refractivity contribution in [1.29, 1.82) is 0 Å². The van der Waals surface area contributed by atoms with Gasteiger partial charge < -0.3 is 20.5 Å². The third-order valence-electron chi connectivity index (χ3n) is 2.78. The van der Waals surface area contributed by atoms with Crippen molar-refractivity contribution in [3.05, 3.63) is 18.3 Å². The Bertz CT molecular complexity index is 426. The topological polar surface area (TPSA) is 88.7 Å². The number of nitrogens with zero attached hydrogens (tertiary/aromatic N) is 2. The van der Waals surface area contributed by atoms with Gasteiger partial charge in [0.1, 0.15) is 6.10 Å². The maximum absolute atomic E-state index is 13.7. The van der Waals surface area contributed by atoms with Crippen LogP contribution in [0.1, 0.15) is 6.42 Å². The van der Waals surface area contributed by atoms with Crippen molar-refractivity contribution in [3.8, 4) is 5.88 Å². The van der Waals surface area contributed by atoms with Crippen LogP contribution in [0.2, 0.25) is 0 Å². The Morgan fingerprint density at radius 2 is 2.39 bits per heavy atom. The minimum absolute atomic E-state index is 0.172. The van der Waals surface area contributed by atoms with E-state index in [1.165, 1.54) is 6.20 Å². The first-order valence-corrected chi connectivity index (χ1v) is 5.56. The SMILES string of the molecule is Nc1ccc(O[C@H]2CCN(C(=O)O)C[C@H]2F)nc1. The van der Waals surface area contributed by atoms with Crippen molar-refractivity contribution in [3.63, 3.8) is 0 Å². The van der Waals surface area contributed by atoms with Crippen LogP contribution in [0.4, 0.5) is 14.9 Å². The van der Waals surface area contributed by atoms with Crippen LogP contribution >= 0.6 is 0 Å². The predicted octanol–water partition coefficient (Wildman–Crippen LogP) is 1.13. The van der Waals surface area contributed by atoms with Crippen LogP contribution in [0.15, 0.2) is 18.3 Å². The maximum Gasteiger partial charge on any atom is 0.407 e. The molecule has 2 atom stereocenters. The highest BCUT2D eigenvalue weighted by Gasteiger charge is 2.33. The van der Waals surface area contributed by atoms with E-state index >= 15 is 0 Å². The van der Waals surface area contributed by atoms with Crippen molar-refractivity contribution in [1.82, 2.24) is 9.88 Å². The summed E-state index contributed by atoms with van der Waals surface area (Å²) in [6.45, 7) is 0.0877. The number of pyridine rings is 1. The molecule has 1 aromatic heterocycles. The van der Waals surface area contributed by atoms with E-state index in [4.69, 9.17) is 15.6 Å². The van der Waals surface area contributed by atoms with E-state index in [2.05, 4.69) is 4.98 Å². The number of halogens is 1. The second-order valence-corrected chi connectivity index (χ2v) is 4.12. The number of carboxylic acid groups (broad SMARTS) is 1. The second-order valence-electron chi connectivity index (χ2n) is 4.12. The van der Waals surface area contributed by atoms with Gasteiger partial charge in [-0.25, -0.2) is 14.2 Å². The number of hydrogen-bond acceptors (Lipinski definition) is 4. The van der Waals surface area contributed by atoms with Gasteiger partial charge in [0, 0.05) is 19.0 Å². The Hall–Kier alpha value is -2.05. The van der Waals surface area contributed by atoms with E-state index in [0.717, 1.165) is 4.90 Å². The number of ether oxygens (including phenoxy) is 1.